The summed E-state index contributed by atoms with van der Waals surface area (Å²) in [7, 11) is -3.70. The zero-order valence-corrected chi connectivity index (χ0v) is 13.4. The number of benzene rings is 1. The van der Waals surface area contributed by atoms with E-state index in [0.717, 1.165) is 12.8 Å². The largest absolute Gasteiger partial charge is 0.298 e. The highest BCUT2D eigenvalue weighted by molar-refractivity contribution is 7.94. The molecule has 0 radical (unpaired) electrons. The molecular weight excluding hydrogens is 286 g/mol. The second-order valence-corrected chi connectivity index (χ2v) is 8.80. The minimum Gasteiger partial charge on any atom is -0.298 e. The van der Waals surface area contributed by atoms with Gasteiger partial charge in [-0.15, -0.1) is 0 Å². The number of Topliss-reactive ketones (excluding diaryl/α,β-unsaturated/α-hetero) is 1. The van der Waals surface area contributed by atoms with Gasteiger partial charge < -0.3 is 0 Å². The number of para-hydroxylation sites is 1. The Kier molecular flexibility index (Phi) is 3.00. The third-order valence-corrected chi connectivity index (χ3v) is 7.57. The molecule has 114 valence electrons. The maximum absolute atomic E-state index is 12.7. The molecular formula is C16H21NO3S. The van der Waals surface area contributed by atoms with Crippen LogP contribution in [0, 0.1) is 16.7 Å². The van der Waals surface area contributed by atoms with Crippen molar-refractivity contribution < 1.29 is 13.2 Å². The highest BCUT2D eigenvalue weighted by atomic mass is 32.2. The maximum atomic E-state index is 12.7. The molecule has 1 aromatic carbocycles. The van der Waals surface area contributed by atoms with Gasteiger partial charge in [-0.3, -0.25) is 9.52 Å². The van der Waals surface area contributed by atoms with Crippen LogP contribution in [0.15, 0.2) is 30.3 Å². The molecule has 21 heavy (non-hydrogen) atoms. The molecule has 0 unspecified atom stereocenters. The second-order valence-electron chi connectivity index (χ2n) is 7.00. The van der Waals surface area contributed by atoms with E-state index in [4.69, 9.17) is 0 Å². The average Bonchev–Trinajstić information content (AvgIpc) is 2.71. The van der Waals surface area contributed by atoms with E-state index in [1.807, 2.05) is 26.8 Å². The normalized spacial score (nSPS) is 34.1. The van der Waals surface area contributed by atoms with Gasteiger partial charge in [-0.2, -0.15) is 0 Å². The number of hydrogen-bond donors (Lipinski definition) is 1. The van der Waals surface area contributed by atoms with E-state index in [-0.39, 0.29) is 17.1 Å². The van der Waals surface area contributed by atoms with Gasteiger partial charge in [0.25, 0.3) is 0 Å². The summed E-state index contributed by atoms with van der Waals surface area (Å²) < 4.78 is 28.0. The Bertz CT molecular complexity index is 681. The van der Waals surface area contributed by atoms with Crippen LogP contribution in [0.5, 0.6) is 0 Å². The molecule has 2 aliphatic carbocycles. The van der Waals surface area contributed by atoms with Crippen molar-refractivity contribution in [2.24, 2.45) is 16.7 Å². The van der Waals surface area contributed by atoms with E-state index in [2.05, 4.69) is 4.72 Å². The van der Waals surface area contributed by atoms with Crippen LogP contribution in [0.1, 0.15) is 33.6 Å². The number of carbonyl (C=O) groups excluding carboxylic acids is 1. The minimum absolute atomic E-state index is 0.101. The van der Waals surface area contributed by atoms with Crippen molar-refractivity contribution in [3.63, 3.8) is 0 Å². The lowest BCUT2D eigenvalue weighted by Gasteiger charge is -2.32. The molecule has 3 rings (SSSR count). The fourth-order valence-electron chi connectivity index (χ4n) is 4.09. The number of rotatable bonds is 3. The van der Waals surface area contributed by atoms with Crippen molar-refractivity contribution in [1.29, 1.82) is 0 Å². The van der Waals surface area contributed by atoms with E-state index < -0.39 is 20.7 Å². The molecule has 0 aliphatic heterocycles. The average molecular weight is 307 g/mol. The highest BCUT2D eigenvalue weighted by Gasteiger charge is 2.69. The van der Waals surface area contributed by atoms with Gasteiger partial charge in [0.1, 0.15) is 5.25 Å². The van der Waals surface area contributed by atoms with Gasteiger partial charge in [0.05, 0.1) is 0 Å². The van der Waals surface area contributed by atoms with Gasteiger partial charge in [0, 0.05) is 11.1 Å². The van der Waals surface area contributed by atoms with Crippen molar-refractivity contribution in [3.05, 3.63) is 30.3 Å². The molecule has 0 spiro atoms. The molecule has 1 N–H and O–H groups in total. The predicted molar refractivity (Wildman–Crippen MR) is 82.4 cm³/mol. The Morgan fingerprint density at radius 1 is 1.14 bits per heavy atom. The van der Waals surface area contributed by atoms with Crippen LogP contribution in [-0.4, -0.2) is 19.5 Å². The number of nitrogens with one attached hydrogen (secondary N) is 1. The third-order valence-electron chi connectivity index (χ3n) is 5.84. The summed E-state index contributed by atoms with van der Waals surface area (Å²) in [5.41, 5.74) is -0.274. The Morgan fingerprint density at radius 3 is 2.29 bits per heavy atom. The number of ketones is 1. The summed E-state index contributed by atoms with van der Waals surface area (Å²) in [6.07, 6.45) is 1.59. The summed E-state index contributed by atoms with van der Waals surface area (Å²) in [6.45, 7) is 5.98. The number of anilines is 1. The standard InChI is InChI=1S/C16H21NO3S/c1-15(2)12-9-10-16(15,3)14(18)13(12)21(19,20)17-11-7-5-4-6-8-11/h4-8,12-13,17H,9-10H2,1-3H3/t12-,13-,16-/m1/s1. The van der Waals surface area contributed by atoms with Crippen molar-refractivity contribution >= 4 is 21.5 Å². The summed E-state index contributed by atoms with van der Waals surface area (Å²) in [6, 6.07) is 8.76. The summed E-state index contributed by atoms with van der Waals surface area (Å²) in [5, 5.41) is -0.925. The Hall–Kier alpha value is -1.36. The smallest absolute Gasteiger partial charge is 0.243 e. The van der Waals surface area contributed by atoms with Gasteiger partial charge in [-0.1, -0.05) is 39.0 Å². The first-order chi connectivity index (χ1) is 9.70. The number of hydrogen-bond acceptors (Lipinski definition) is 3. The third kappa shape index (κ3) is 1.86. The van der Waals surface area contributed by atoms with Gasteiger partial charge in [0.2, 0.25) is 10.0 Å². The van der Waals surface area contributed by atoms with Crippen LogP contribution >= 0.6 is 0 Å². The fourth-order valence-corrected chi connectivity index (χ4v) is 6.14. The molecule has 2 fully saturated rings. The number of sulfonamides is 1. The molecule has 0 heterocycles. The van der Waals surface area contributed by atoms with Crippen LogP contribution in [0.2, 0.25) is 0 Å². The molecule has 2 aliphatic rings. The van der Waals surface area contributed by atoms with Gasteiger partial charge >= 0.3 is 0 Å². The van der Waals surface area contributed by atoms with E-state index in [0.29, 0.717) is 5.69 Å². The zero-order chi connectivity index (χ0) is 15.5. The summed E-state index contributed by atoms with van der Waals surface area (Å²) >= 11 is 0. The van der Waals surface area contributed by atoms with Crippen molar-refractivity contribution in [2.45, 2.75) is 38.9 Å². The minimum atomic E-state index is -3.70. The van der Waals surface area contributed by atoms with Crippen molar-refractivity contribution in [3.8, 4) is 0 Å². The molecule has 2 saturated carbocycles. The highest BCUT2D eigenvalue weighted by Crippen LogP contribution is 2.64. The lowest BCUT2D eigenvalue weighted by atomic mass is 9.70. The fraction of sp³-hybridized carbons (Fsp3) is 0.562. The number of fused-ring (bicyclic) bond motifs is 2. The SMILES string of the molecule is CC1(C)[C@@H]2CC[C@]1(C)C(=O)[C@@H]2S(=O)(=O)Nc1ccccc1. The summed E-state index contributed by atoms with van der Waals surface area (Å²) in [4.78, 5) is 12.7. The van der Waals surface area contributed by atoms with Crippen LogP contribution < -0.4 is 4.72 Å². The summed E-state index contributed by atoms with van der Waals surface area (Å²) in [5.74, 6) is -0.219. The predicted octanol–water partition coefficient (Wildman–Crippen LogP) is 2.82. The van der Waals surface area contributed by atoms with Crippen molar-refractivity contribution in [1.82, 2.24) is 0 Å². The maximum Gasteiger partial charge on any atom is 0.243 e. The van der Waals surface area contributed by atoms with Crippen LogP contribution in [0.4, 0.5) is 5.69 Å². The van der Waals surface area contributed by atoms with E-state index >= 15 is 0 Å². The van der Waals surface area contributed by atoms with Gasteiger partial charge in [-0.05, 0) is 36.3 Å². The Labute approximate surface area is 126 Å². The first kappa shape index (κ1) is 14.6. The van der Waals surface area contributed by atoms with Crippen molar-refractivity contribution in [2.75, 3.05) is 4.72 Å². The first-order valence-electron chi connectivity index (χ1n) is 7.31. The quantitative estimate of drug-likeness (QED) is 0.934. The van der Waals surface area contributed by atoms with E-state index in [1.54, 1.807) is 24.3 Å². The van der Waals surface area contributed by atoms with Gasteiger partial charge in [0.15, 0.2) is 5.78 Å². The lowest BCUT2D eigenvalue weighted by molar-refractivity contribution is -0.127. The van der Waals surface area contributed by atoms with E-state index in [9.17, 15) is 13.2 Å². The second kappa shape index (κ2) is 4.32. The monoisotopic (exact) mass is 307 g/mol. The Morgan fingerprint density at radius 2 is 1.76 bits per heavy atom. The van der Waals surface area contributed by atoms with Crippen LogP contribution in [0.3, 0.4) is 0 Å². The molecule has 0 amide bonds. The molecule has 2 bridgehead atoms. The number of carbonyl (C=O) groups is 1. The molecule has 4 nitrogen and oxygen atoms in total. The molecule has 3 atom stereocenters. The molecule has 5 heteroatoms. The first-order valence-corrected chi connectivity index (χ1v) is 8.86. The lowest BCUT2D eigenvalue weighted by Crippen LogP contribution is -2.41. The molecule has 0 aromatic heterocycles. The van der Waals surface area contributed by atoms with Crippen LogP contribution in [0.25, 0.3) is 0 Å². The zero-order valence-electron chi connectivity index (χ0n) is 12.6. The Balaban J connectivity index is 1.96. The molecule has 0 saturated heterocycles. The topological polar surface area (TPSA) is 63.2 Å². The van der Waals surface area contributed by atoms with E-state index in [1.165, 1.54) is 0 Å². The molecule has 1 aromatic rings. The van der Waals surface area contributed by atoms with Crippen LogP contribution in [-0.2, 0) is 14.8 Å². The van der Waals surface area contributed by atoms with Gasteiger partial charge in [-0.25, -0.2) is 8.42 Å².